The Bertz CT molecular complexity index is 934. The van der Waals surface area contributed by atoms with Gasteiger partial charge >= 0.3 is 0 Å². The van der Waals surface area contributed by atoms with Gasteiger partial charge in [-0.1, -0.05) is 6.42 Å². The summed E-state index contributed by atoms with van der Waals surface area (Å²) >= 11 is 1.71. The van der Waals surface area contributed by atoms with E-state index in [9.17, 15) is 4.79 Å². The lowest BCUT2D eigenvalue weighted by Crippen LogP contribution is -2.51. The van der Waals surface area contributed by atoms with Crippen molar-refractivity contribution in [2.75, 3.05) is 40.5 Å². The van der Waals surface area contributed by atoms with Gasteiger partial charge in [-0.15, -0.1) is 11.3 Å². The largest absolute Gasteiger partial charge is 0.497 e. The molecule has 0 N–H and O–H groups in total. The Morgan fingerprint density at radius 2 is 2.03 bits per heavy atom. The number of amides is 1. The monoisotopic (exact) mass is 473 g/mol. The van der Waals surface area contributed by atoms with Gasteiger partial charge in [0.1, 0.15) is 18.1 Å². The molecule has 2 aliphatic heterocycles. The van der Waals surface area contributed by atoms with Crippen LogP contribution in [-0.2, 0) is 11.3 Å². The number of hydrogen-bond donors (Lipinski definition) is 0. The molecule has 1 amide bonds. The zero-order valence-corrected chi connectivity index (χ0v) is 20.7. The van der Waals surface area contributed by atoms with Gasteiger partial charge in [-0.25, -0.2) is 4.98 Å². The minimum Gasteiger partial charge on any atom is -0.497 e. The van der Waals surface area contributed by atoms with Crippen LogP contribution >= 0.6 is 11.3 Å². The van der Waals surface area contributed by atoms with Gasteiger partial charge < -0.3 is 19.1 Å². The molecule has 1 aromatic heterocycles. The maximum Gasteiger partial charge on any atom is 0.257 e. The Morgan fingerprint density at radius 3 is 2.79 bits per heavy atom. The average Bonchev–Trinajstić information content (AvgIpc) is 3.24. The molecule has 2 aliphatic rings. The van der Waals surface area contributed by atoms with Crippen molar-refractivity contribution in [3.05, 3.63) is 39.8 Å². The van der Waals surface area contributed by atoms with E-state index < -0.39 is 0 Å². The van der Waals surface area contributed by atoms with Gasteiger partial charge in [0.15, 0.2) is 0 Å². The van der Waals surface area contributed by atoms with Crippen molar-refractivity contribution < 1.29 is 19.0 Å². The highest BCUT2D eigenvalue weighted by atomic mass is 32.1. The molecule has 1 fully saturated rings. The van der Waals surface area contributed by atoms with E-state index in [-0.39, 0.29) is 18.1 Å². The molecule has 0 radical (unpaired) electrons. The Balaban J connectivity index is 1.61. The third-order valence-corrected chi connectivity index (χ3v) is 7.72. The van der Waals surface area contributed by atoms with E-state index in [2.05, 4.69) is 16.8 Å². The molecule has 2 aromatic rings. The highest BCUT2D eigenvalue weighted by molar-refractivity contribution is 7.09. The summed E-state index contributed by atoms with van der Waals surface area (Å²) in [5, 5.41) is 0. The van der Waals surface area contributed by atoms with Crippen molar-refractivity contribution >= 4 is 17.2 Å². The highest BCUT2D eigenvalue weighted by Crippen LogP contribution is 2.31. The first-order valence-corrected chi connectivity index (χ1v) is 12.7. The SMILES string of the molecule is COc1ccc2c(c1)OCCN(Cc1scnc1C)CCCC[C@@H]1[C@H](OC)CCCN1C2=O. The van der Waals surface area contributed by atoms with E-state index in [1.54, 1.807) is 25.6 Å². The number of benzene rings is 1. The van der Waals surface area contributed by atoms with Crippen LogP contribution in [0.25, 0.3) is 0 Å². The van der Waals surface area contributed by atoms with Crippen molar-refractivity contribution in [3.8, 4) is 11.5 Å². The number of methoxy groups -OCH3 is 2. The number of aromatic nitrogens is 1. The first-order chi connectivity index (χ1) is 16.1. The molecule has 1 aromatic carbocycles. The Labute approximate surface area is 200 Å². The third-order valence-electron chi connectivity index (χ3n) is 6.80. The average molecular weight is 474 g/mol. The van der Waals surface area contributed by atoms with Crippen molar-refractivity contribution in [2.45, 2.75) is 57.7 Å². The lowest BCUT2D eigenvalue weighted by Gasteiger charge is -2.41. The van der Waals surface area contributed by atoms with Gasteiger partial charge in [-0.2, -0.15) is 0 Å². The number of aryl methyl sites for hydroxylation is 1. The lowest BCUT2D eigenvalue weighted by molar-refractivity contribution is -0.0155. The Morgan fingerprint density at radius 1 is 1.15 bits per heavy atom. The smallest absolute Gasteiger partial charge is 0.257 e. The molecule has 0 saturated carbocycles. The van der Waals surface area contributed by atoms with Crippen molar-refractivity contribution in [3.63, 3.8) is 0 Å². The van der Waals surface area contributed by atoms with Crippen LogP contribution in [-0.4, -0.2) is 73.3 Å². The second-order valence-electron chi connectivity index (χ2n) is 8.83. The Kier molecular flexibility index (Phi) is 8.22. The van der Waals surface area contributed by atoms with Crippen LogP contribution in [0.3, 0.4) is 0 Å². The molecule has 7 nitrogen and oxygen atoms in total. The number of carbonyl (C=O) groups excluding carboxylic acids is 1. The summed E-state index contributed by atoms with van der Waals surface area (Å²) < 4.78 is 17.5. The molecule has 0 unspecified atom stereocenters. The maximum atomic E-state index is 13.7. The number of thiazole rings is 1. The molecule has 0 bridgehead atoms. The molecule has 0 spiro atoms. The quantitative estimate of drug-likeness (QED) is 0.665. The number of carbonyl (C=O) groups is 1. The van der Waals surface area contributed by atoms with E-state index in [1.165, 1.54) is 4.88 Å². The van der Waals surface area contributed by atoms with Gasteiger partial charge in [-0.3, -0.25) is 9.69 Å². The number of hydrogen-bond acceptors (Lipinski definition) is 7. The zero-order valence-electron chi connectivity index (χ0n) is 19.9. The molecule has 8 heteroatoms. The fourth-order valence-electron chi connectivity index (χ4n) is 4.90. The number of ether oxygens (including phenoxy) is 3. The molecule has 4 rings (SSSR count). The van der Waals surface area contributed by atoms with Crippen LogP contribution in [0.1, 0.15) is 53.0 Å². The maximum absolute atomic E-state index is 13.7. The Hall–Kier alpha value is -2.16. The minimum atomic E-state index is 0.0239. The summed E-state index contributed by atoms with van der Waals surface area (Å²) in [6, 6.07) is 5.59. The molecule has 2 atom stereocenters. The molecule has 180 valence electrons. The molecule has 33 heavy (non-hydrogen) atoms. The standard InChI is InChI=1S/C25H35N3O4S/c1-18-24(33-17-26-18)16-27-11-5-4-7-21-22(31-3)8-6-12-28(21)25(29)20-10-9-19(30-2)15-23(20)32-14-13-27/h9-10,15,17,21-22H,4-8,11-14,16H2,1-3H3/t21-,22-/m1/s1. The summed E-state index contributed by atoms with van der Waals surface area (Å²) in [6.07, 6.45) is 5.11. The number of fused-ring (bicyclic) bond motifs is 2. The first-order valence-electron chi connectivity index (χ1n) is 11.9. The number of rotatable bonds is 4. The summed E-state index contributed by atoms with van der Waals surface area (Å²) in [5.74, 6) is 1.30. The zero-order chi connectivity index (χ0) is 23.2. The second-order valence-corrected chi connectivity index (χ2v) is 9.77. The van der Waals surface area contributed by atoms with Crippen LogP contribution < -0.4 is 9.47 Å². The van der Waals surface area contributed by atoms with Crippen LogP contribution in [0.15, 0.2) is 23.7 Å². The molecule has 0 aliphatic carbocycles. The lowest BCUT2D eigenvalue weighted by atomic mass is 9.93. The molecular formula is C25H35N3O4S. The van der Waals surface area contributed by atoms with E-state index in [4.69, 9.17) is 14.2 Å². The van der Waals surface area contributed by atoms with Gasteiger partial charge in [0.2, 0.25) is 0 Å². The highest BCUT2D eigenvalue weighted by Gasteiger charge is 2.35. The fraction of sp³-hybridized carbons (Fsp3) is 0.600. The van der Waals surface area contributed by atoms with Crippen molar-refractivity contribution in [1.82, 2.24) is 14.8 Å². The first kappa shape index (κ1) is 24.0. The van der Waals surface area contributed by atoms with Crippen LogP contribution in [0.5, 0.6) is 11.5 Å². The van der Waals surface area contributed by atoms with Gasteiger partial charge in [0, 0.05) is 37.7 Å². The minimum absolute atomic E-state index is 0.0239. The van der Waals surface area contributed by atoms with Gasteiger partial charge in [0.25, 0.3) is 5.91 Å². The van der Waals surface area contributed by atoms with E-state index >= 15 is 0 Å². The van der Waals surface area contributed by atoms with Crippen molar-refractivity contribution in [1.29, 1.82) is 0 Å². The predicted molar refractivity (Wildman–Crippen MR) is 129 cm³/mol. The van der Waals surface area contributed by atoms with E-state index in [1.807, 2.05) is 28.6 Å². The summed E-state index contributed by atoms with van der Waals surface area (Å²) in [4.78, 5) is 23.8. The van der Waals surface area contributed by atoms with E-state index in [0.29, 0.717) is 23.7 Å². The molecular weight excluding hydrogens is 438 g/mol. The molecule has 1 saturated heterocycles. The summed E-state index contributed by atoms with van der Waals surface area (Å²) in [5.41, 5.74) is 3.62. The van der Waals surface area contributed by atoms with Gasteiger partial charge in [-0.05, 0) is 51.3 Å². The van der Waals surface area contributed by atoms with Gasteiger partial charge in [0.05, 0.1) is 36.0 Å². The summed E-state index contributed by atoms with van der Waals surface area (Å²) in [7, 11) is 3.40. The van der Waals surface area contributed by atoms with Crippen LogP contribution in [0.2, 0.25) is 0 Å². The second kappa shape index (κ2) is 11.3. The normalized spacial score (nSPS) is 22.9. The third kappa shape index (κ3) is 5.67. The van der Waals surface area contributed by atoms with Crippen LogP contribution in [0.4, 0.5) is 0 Å². The van der Waals surface area contributed by atoms with Crippen molar-refractivity contribution in [2.24, 2.45) is 0 Å². The van der Waals surface area contributed by atoms with E-state index in [0.717, 1.165) is 64.0 Å². The summed E-state index contributed by atoms with van der Waals surface area (Å²) in [6.45, 7) is 5.99. The number of nitrogens with zero attached hydrogens (tertiary/aromatic N) is 3. The number of piperidine rings is 1. The topological polar surface area (TPSA) is 64.1 Å². The van der Waals surface area contributed by atoms with Crippen LogP contribution in [0, 0.1) is 6.92 Å². The fourth-order valence-corrected chi connectivity index (χ4v) is 5.71. The molecule has 3 heterocycles. The predicted octanol–water partition coefficient (Wildman–Crippen LogP) is 4.14.